The summed E-state index contributed by atoms with van der Waals surface area (Å²) in [6.45, 7) is 0.841. The molecule has 7 heteroatoms. The second-order valence-corrected chi connectivity index (χ2v) is 4.54. The zero-order valence-electron chi connectivity index (χ0n) is 9.86. The molecule has 0 atom stereocenters. The zero-order chi connectivity index (χ0) is 13.0. The van der Waals surface area contributed by atoms with Gasteiger partial charge >= 0.3 is 0 Å². The van der Waals surface area contributed by atoms with Gasteiger partial charge in [0.25, 0.3) is 0 Å². The first kappa shape index (κ1) is 13.0. The van der Waals surface area contributed by atoms with Crippen molar-refractivity contribution < 1.29 is 9.53 Å². The highest BCUT2D eigenvalue weighted by molar-refractivity contribution is 6.29. The van der Waals surface area contributed by atoms with Gasteiger partial charge in [0.2, 0.25) is 5.91 Å². The van der Waals surface area contributed by atoms with Gasteiger partial charge in [0.05, 0.1) is 6.61 Å². The number of nitrogens with zero attached hydrogens (tertiary/aromatic N) is 2. The van der Waals surface area contributed by atoms with Crippen molar-refractivity contribution in [3.05, 3.63) is 17.0 Å². The summed E-state index contributed by atoms with van der Waals surface area (Å²) in [6, 6.07) is 1.67. The molecule has 1 aromatic heterocycles. The minimum absolute atomic E-state index is 0.0699. The molecule has 1 amide bonds. The van der Waals surface area contributed by atoms with Crippen molar-refractivity contribution in [3.8, 4) is 0 Å². The van der Waals surface area contributed by atoms with Crippen LogP contribution in [0.3, 0.4) is 0 Å². The highest BCUT2D eigenvalue weighted by atomic mass is 35.5. The van der Waals surface area contributed by atoms with Gasteiger partial charge in [0.15, 0.2) is 0 Å². The Morgan fingerprint density at radius 3 is 3.00 bits per heavy atom. The van der Waals surface area contributed by atoms with Crippen LogP contribution in [0.15, 0.2) is 6.07 Å². The second kappa shape index (κ2) is 5.97. The molecular formula is C11H15ClN4O2. The Morgan fingerprint density at radius 2 is 2.33 bits per heavy atom. The molecule has 0 aliphatic heterocycles. The summed E-state index contributed by atoms with van der Waals surface area (Å²) in [6.07, 6.45) is 2.25. The van der Waals surface area contributed by atoms with Crippen LogP contribution in [0, 0.1) is 0 Å². The first-order valence-electron chi connectivity index (χ1n) is 5.79. The van der Waals surface area contributed by atoms with Gasteiger partial charge < -0.3 is 15.8 Å². The molecule has 0 radical (unpaired) electrons. The maximum Gasteiger partial charge on any atom is 0.243 e. The molecule has 0 aromatic carbocycles. The van der Waals surface area contributed by atoms with Gasteiger partial charge in [-0.3, -0.25) is 4.79 Å². The van der Waals surface area contributed by atoms with Crippen LogP contribution < -0.4 is 11.1 Å². The number of ether oxygens (including phenoxy) is 1. The summed E-state index contributed by atoms with van der Waals surface area (Å²) < 4.78 is 5.02. The lowest BCUT2D eigenvalue weighted by atomic mass is 10.4. The summed E-state index contributed by atoms with van der Waals surface area (Å²) in [7, 11) is 0. The molecule has 0 bridgehead atoms. The lowest BCUT2D eigenvalue weighted by molar-refractivity contribution is -0.122. The maximum absolute atomic E-state index is 10.4. The first-order chi connectivity index (χ1) is 8.65. The molecule has 0 unspecified atom stereocenters. The molecule has 1 aliphatic carbocycles. The number of hydrogen-bond acceptors (Lipinski definition) is 5. The normalized spacial score (nSPS) is 14.5. The number of amides is 1. The van der Waals surface area contributed by atoms with Gasteiger partial charge in [-0.2, -0.15) is 0 Å². The maximum atomic E-state index is 10.4. The second-order valence-electron chi connectivity index (χ2n) is 4.15. The highest BCUT2D eigenvalue weighted by Gasteiger charge is 2.27. The minimum Gasteiger partial charge on any atom is -0.370 e. The topological polar surface area (TPSA) is 90.1 Å². The fourth-order valence-electron chi connectivity index (χ4n) is 1.47. The van der Waals surface area contributed by atoms with Gasteiger partial charge in [-0.15, -0.1) is 0 Å². The Hall–Kier alpha value is -1.40. The number of nitrogens with one attached hydrogen (secondary N) is 1. The van der Waals surface area contributed by atoms with E-state index in [4.69, 9.17) is 22.1 Å². The Kier molecular flexibility index (Phi) is 4.33. The van der Waals surface area contributed by atoms with Gasteiger partial charge in [-0.25, -0.2) is 9.97 Å². The number of rotatable bonds is 7. The van der Waals surface area contributed by atoms with Crippen LogP contribution in [0.25, 0.3) is 0 Å². The molecule has 2 rings (SSSR count). The van der Waals surface area contributed by atoms with E-state index in [1.54, 1.807) is 6.07 Å². The molecular weight excluding hydrogens is 256 g/mol. The molecule has 18 heavy (non-hydrogen) atoms. The van der Waals surface area contributed by atoms with Crippen molar-refractivity contribution in [2.45, 2.75) is 18.8 Å². The molecule has 1 fully saturated rings. The summed E-state index contributed by atoms with van der Waals surface area (Å²) in [4.78, 5) is 19.0. The number of primary amides is 1. The Labute approximate surface area is 110 Å². The minimum atomic E-state index is -0.476. The zero-order valence-corrected chi connectivity index (χ0v) is 10.6. The number of nitrogens with two attached hydrogens (primary N) is 1. The van der Waals surface area contributed by atoms with E-state index in [-0.39, 0.29) is 6.61 Å². The molecule has 0 saturated heterocycles. The summed E-state index contributed by atoms with van der Waals surface area (Å²) in [5.74, 6) is 1.45. The molecule has 1 aliphatic rings. The number of hydrogen-bond donors (Lipinski definition) is 2. The van der Waals surface area contributed by atoms with Gasteiger partial charge in [0, 0.05) is 18.5 Å². The lowest BCUT2D eigenvalue weighted by Crippen LogP contribution is -2.20. The van der Waals surface area contributed by atoms with Crippen LogP contribution in [0.1, 0.15) is 24.6 Å². The van der Waals surface area contributed by atoms with Gasteiger partial charge in [-0.1, -0.05) is 11.6 Å². The van der Waals surface area contributed by atoms with Crippen LogP contribution >= 0.6 is 11.6 Å². The number of halogens is 1. The van der Waals surface area contributed by atoms with E-state index >= 15 is 0 Å². The van der Waals surface area contributed by atoms with Crippen LogP contribution in [0.4, 0.5) is 5.82 Å². The average molecular weight is 271 g/mol. The standard InChI is InChI=1S/C11H15ClN4O2/c12-8-5-10(14-3-4-18-6-9(13)17)16-11(15-8)7-1-2-7/h5,7H,1-4,6H2,(H2,13,17)(H,14,15,16). The van der Waals surface area contributed by atoms with Gasteiger partial charge in [-0.05, 0) is 12.8 Å². The number of anilines is 1. The third-order valence-corrected chi connectivity index (χ3v) is 2.65. The van der Waals surface area contributed by atoms with Crippen LogP contribution in [0.2, 0.25) is 5.15 Å². The third kappa shape index (κ3) is 4.12. The Morgan fingerprint density at radius 1 is 1.56 bits per heavy atom. The Balaban J connectivity index is 1.79. The number of carbonyl (C=O) groups excluding carboxylic acids is 1. The van der Waals surface area contributed by atoms with E-state index in [0.29, 0.717) is 30.0 Å². The molecule has 1 saturated carbocycles. The molecule has 6 nitrogen and oxygen atoms in total. The fourth-order valence-corrected chi connectivity index (χ4v) is 1.66. The van der Waals surface area contributed by atoms with E-state index in [9.17, 15) is 4.79 Å². The molecule has 1 aromatic rings. The van der Waals surface area contributed by atoms with Crippen molar-refractivity contribution >= 4 is 23.3 Å². The van der Waals surface area contributed by atoms with Gasteiger partial charge in [0.1, 0.15) is 23.4 Å². The van der Waals surface area contributed by atoms with Crippen molar-refractivity contribution in [3.63, 3.8) is 0 Å². The highest BCUT2D eigenvalue weighted by Crippen LogP contribution is 2.38. The summed E-state index contributed by atoms with van der Waals surface area (Å²) in [5.41, 5.74) is 4.94. The van der Waals surface area contributed by atoms with Crippen molar-refractivity contribution in [2.75, 3.05) is 25.1 Å². The van der Waals surface area contributed by atoms with Crippen molar-refractivity contribution in [1.29, 1.82) is 0 Å². The number of carbonyl (C=O) groups is 1. The fraction of sp³-hybridized carbons (Fsp3) is 0.545. The third-order valence-electron chi connectivity index (χ3n) is 2.45. The molecule has 3 N–H and O–H groups in total. The number of aromatic nitrogens is 2. The quantitative estimate of drug-likeness (QED) is 0.568. The Bertz CT molecular complexity index is 437. The van der Waals surface area contributed by atoms with Crippen LogP contribution in [-0.4, -0.2) is 35.6 Å². The van der Waals surface area contributed by atoms with E-state index in [1.165, 1.54) is 0 Å². The van der Waals surface area contributed by atoms with Crippen LogP contribution in [-0.2, 0) is 9.53 Å². The van der Waals surface area contributed by atoms with Crippen LogP contribution in [0.5, 0.6) is 0 Å². The van der Waals surface area contributed by atoms with E-state index < -0.39 is 5.91 Å². The molecule has 1 heterocycles. The predicted octanol–water partition coefficient (Wildman–Crippen LogP) is 0.921. The van der Waals surface area contributed by atoms with Crippen molar-refractivity contribution in [2.24, 2.45) is 5.73 Å². The van der Waals surface area contributed by atoms with Crippen molar-refractivity contribution in [1.82, 2.24) is 9.97 Å². The van der Waals surface area contributed by atoms with E-state index in [0.717, 1.165) is 18.7 Å². The average Bonchev–Trinajstić information content (AvgIpc) is 3.11. The monoisotopic (exact) mass is 270 g/mol. The summed E-state index contributed by atoms with van der Waals surface area (Å²) >= 11 is 5.92. The lowest BCUT2D eigenvalue weighted by Gasteiger charge is -2.07. The van der Waals surface area contributed by atoms with E-state index in [2.05, 4.69) is 15.3 Å². The molecule has 0 spiro atoms. The largest absolute Gasteiger partial charge is 0.370 e. The predicted molar refractivity (Wildman–Crippen MR) is 67.5 cm³/mol. The smallest absolute Gasteiger partial charge is 0.243 e. The summed E-state index contributed by atoms with van der Waals surface area (Å²) in [5, 5.41) is 3.51. The van der Waals surface area contributed by atoms with E-state index in [1.807, 2.05) is 0 Å². The first-order valence-corrected chi connectivity index (χ1v) is 6.17. The molecule has 98 valence electrons. The SMILES string of the molecule is NC(=O)COCCNc1cc(Cl)nc(C2CC2)n1.